The minimum Gasteiger partial charge on any atom is -0.383 e. The van der Waals surface area contributed by atoms with Gasteiger partial charge in [0.05, 0.1) is 25.9 Å². The topological polar surface area (TPSA) is 39.7 Å². The van der Waals surface area contributed by atoms with Crippen molar-refractivity contribution < 1.29 is 14.2 Å². The van der Waals surface area contributed by atoms with E-state index in [4.69, 9.17) is 14.2 Å². The first-order valence-corrected chi connectivity index (χ1v) is 5.74. The molecular formula is C11H23NO3. The van der Waals surface area contributed by atoms with Crippen molar-refractivity contribution >= 4 is 0 Å². The Balaban J connectivity index is 1.84. The number of rotatable bonds is 8. The molecule has 0 bridgehead atoms. The lowest BCUT2D eigenvalue weighted by atomic mass is 10.2. The van der Waals surface area contributed by atoms with E-state index in [1.165, 1.54) is 6.42 Å². The molecule has 0 spiro atoms. The van der Waals surface area contributed by atoms with Gasteiger partial charge in [-0.05, 0) is 19.8 Å². The van der Waals surface area contributed by atoms with E-state index in [0.717, 1.165) is 39.4 Å². The number of nitrogens with one attached hydrogen (secondary N) is 1. The van der Waals surface area contributed by atoms with Crippen LogP contribution >= 0.6 is 0 Å². The van der Waals surface area contributed by atoms with Crippen LogP contribution in [0.3, 0.4) is 0 Å². The summed E-state index contributed by atoms with van der Waals surface area (Å²) in [6.45, 7) is 6.10. The highest BCUT2D eigenvalue weighted by molar-refractivity contribution is 4.64. The van der Waals surface area contributed by atoms with Gasteiger partial charge in [0.25, 0.3) is 0 Å². The van der Waals surface area contributed by atoms with Crippen LogP contribution in [-0.4, -0.2) is 52.2 Å². The second-order valence-corrected chi connectivity index (χ2v) is 4.02. The largest absolute Gasteiger partial charge is 0.383 e. The van der Waals surface area contributed by atoms with Gasteiger partial charge in [0.2, 0.25) is 0 Å². The second-order valence-electron chi connectivity index (χ2n) is 4.02. The Bertz CT molecular complexity index is 149. The molecule has 2 atom stereocenters. The molecule has 0 radical (unpaired) electrons. The van der Waals surface area contributed by atoms with Crippen LogP contribution in [0.25, 0.3) is 0 Å². The molecule has 0 amide bonds. The molecule has 1 saturated heterocycles. The zero-order valence-electron chi connectivity index (χ0n) is 9.83. The van der Waals surface area contributed by atoms with Gasteiger partial charge in [-0.15, -0.1) is 0 Å². The Kier molecular flexibility index (Phi) is 6.92. The molecule has 90 valence electrons. The van der Waals surface area contributed by atoms with E-state index in [1.54, 1.807) is 7.11 Å². The smallest absolute Gasteiger partial charge is 0.0809 e. The summed E-state index contributed by atoms with van der Waals surface area (Å²) in [4.78, 5) is 0. The van der Waals surface area contributed by atoms with Gasteiger partial charge < -0.3 is 19.5 Å². The maximum atomic E-state index is 5.52. The maximum Gasteiger partial charge on any atom is 0.0809 e. The summed E-state index contributed by atoms with van der Waals surface area (Å²) in [5.41, 5.74) is 0. The molecule has 1 fully saturated rings. The van der Waals surface area contributed by atoms with Gasteiger partial charge in [-0.3, -0.25) is 0 Å². The van der Waals surface area contributed by atoms with Gasteiger partial charge in [-0.1, -0.05) is 0 Å². The van der Waals surface area contributed by atoms with Crippen molar-refractivity contribution in [2.24, 2.45) is 0 Å². The van der Waals surface area contributed by atoms with E-state index in [2.05, 4.69) is 12.2 Å². The van der Waals surface area contributed by atoms with Crippen LogP contribution in [0.1, 0.15) is 19.8 Å². The Morgan fingerprint density at radius 2 is 2.40 bits per heavy atom. The Labute approximate surface area is 92.3 Å². The van der Waals surface area contributed by atoms with Crippen LogP contribution in [0.2, 0.25) is 0 Å². The molecule has 1 aliphatic heterocycles. The zero-order chi connectivity index (χ0) is 10.9. The average molecular weight is 217 g/mol. The van der Waals surface area contributed by atoms with Crippen LogP contribution in [0, 0.1) is 0 Å². The van der Waals surface area contributed by atoms with E-state index in [-0.39, 0.29) is 0 Å². The molecule has 4 nitrogen and oxygen atoms in total. The van der Waals surface area contributed by atoms with Gasteiger partial charge in [-0.25, -0.2) is 0 Å². The summed E-state index contributed by atoms with van der Waals surface area (Å²) in [5, 5.41) is 3.32. The second kappa shape index (κ2) is 8.05. The fourth-order valence-corrected chi connectivity index (χ4v) is 1.68. The van der Waals surface area contributed by atoms with E-state index in [9.17, 15) is 0 Å². The van der Waals surface area contributed by atoms with Crippen molar-refractivity contribution in [2.45, 2.75) is 31.9 Å². The van der Waals surface area contributed by atoms with Crippen LogP contribution in [-0.2, 0) is 14.2 Å². The summed E-state index contributed by atoms with van der Waals surface area (Å²) in [7, 11) is 1.71. The lowest BCUT2D eigenvalue weighted by Gasteiger charge is -2.14. The summed E-state index contributed by atoms with van der Waals surface area (Å²) in [6.07, 6.45) is 2.66. The number of hydrogen-bond donors (Lipinski definition) is 1. The van der Waals surface area contributed by atoms with Crippen LogP contribution in [0.15, 0.2) is 0 Å². The normalized spacial score (nSPS) is 23.2. The van der Waals surface area contributed by atoms with Crippen molar-refractivity contribution in [2.75, 3.05) is 40.1 Å². The monoisotopic (exact) mass is 217 g/mol. The van der Waals surface area contributed by atoms with Crippen LogP contribution in [0.4, 0.5) is 0 Å². The van der Waals surface area contributed by atoms with Crippen molar-refractivity contribution in [3.8, 4) is 0 Å². The fraction of sp³-hybridized carbons (Fsp3) is 1.00. The third-order valence-corrected chi connectivity index (χ3v) is 2.48. The van der Waals surface area contributed by atoms with E-state index < -0.39 is 0 Å². The van der Waals surface area contributed by atoms with E-state index >= 15 is 0 Å². The summed E-state index contributed by atoms with van der Waals surface area (Å²) in [5.74, 6) is 0. The van der Waals surface area contributed by atoms with E-state index in [1.807, 2.05) is 0 Å². The SMILES string of the molecule is COCC(C)NCCOCC1CCCO1. The van der Waals surface area contributed by atoms with Crippen molar-refractivity contribution in [1.29, 1.82) is 0 Å². The third-order valence-electron chi connectivity index (χ3n) is 2.48. The lowest BCUT2D eigenvalue weighted by molar-refractivity contribution is 0.0174. The van der Waals surface area contributed by atoms with Crippen LogP contribution < -0.4 is 5.32 Å². The predicted octanol–water partition coefficient (Wildman–Crippen LogP) is 0.806. The first-order valence-electron chi connectivity index (χ1n) is 5.74. The maximum absolute atomic E-state index is 5.52. The molecule has 15 heavy (non-hydrogen) atoms. The minimum absolute atomic E-state index is 0.335. The van der Waals surface area contributed by atoms with Crippen molar-refractivity contribution in [3.63, 3.8) is 0 Å². The van der Waals surface area contributed by atoms with Gasteiger partial charge >= 0.3 is 0 Å². The van der Waals surface area contributed by atoms with Crippen LogP contribution in [0.5, 0.6) is 0 Å². The average Bonchev–Trinajstić information content (AvgIpc) is 2.70. The highest BCUT2D eigenvalue weighted by Crippen LogP contribution is 2.11. The molecule has 4 heteroatoms. The quantitative estimate of drug-likeness (QED) is 0.611. The summed E-state index contributed by atoms with van der Waals surface area (Å²) >= 11 is 0. The molecule has 0 saturated carbocycles. The Morgan fingerprint density at radius 1 is 1.53 bits per heavy atom. The molecule has 2 unspecified atom stereocenters. The number of methoxy groups -OCH3 is 1. The number of hydrogen-bond acceptors (Lipinski definition) is 4. The number of ether oxygens (including phenoxy) is 3. The molecule has 0 aliphatic carbocycles. The van der Waals surface area contributed by atoms with Gasteiger partial charge in [0.15, 0.2) is 0 Å². The molecular weight excluding hydrogens is 194 g/mol. The minimum atomic E-state index is 0.335. The summed E-state index contributed by atoms with van der Waals surface area (Å²) < 4.78 is 16.0. The first-order chi connectivity index (χ1) is 7.33. The molecule has 1 N–H and O–H groups in total. The molecule has 1 heterocycles. The van der Waals surface area contributed by atoms with Gasteiger partial charge in [0, 0.05) is 26.3 Å². The Morgan fingerprint density at radius 3 is 3.07 bits per heavy atom. The highest BCUT2D eigenvalue weighted by Gasteiger charge is 2.14. The molecule has 0 aromatic heterocycles. The Hall–Kier alpha value is -0.160. The van der Waals surface area contributed by atoms with Crippen molar-refractivity contribution in [1.82, 2.24) is 5.32 Å². The van der Waals surface area contributed by atoms with E-state index in [0.29, 0.717) is 12.1 Å². The van der Waals surface area contributed by atoms with Gasteiger partial charge in [0.1, 0.15) is 0 Å². The fourth-order valence-electron chi connectivity index (χ4n) is 1.68. The predicted molar refractivity (Wildman–Crippen MR) is 59.1 cm³/mol. The molecule has 0 aromatic carbocycles. The molecule has 1 rings (SSSR count). The summed E-state index contributed by atoms with van der Waals surface area (Å²) in [6, 6.07) is 0.390. The van der Waals surface area contributed by atoms with Gasteiger partial charge in [-0.2, -0.15) is 0 Å². The highest BCUT2D eigenvalue weighted by atomic mass is 16.5. The molecule has 0 aromatic rings. The lowest BCUT2D eigenvalue weighted by Crippen LogP contribution is -2.33. The third kappa shape index (κ3) is 6.10. The first kappa shape index (κ1) is 12.9. The molecule has 1 aliphatic rings. The zero-order valence-corrected chi connectivity index (χ0v) is 9.83. The van der Waals surface area contributed by atoms with Crippen molar-refractivity contribution in [3.05, 3.63) is 0 Å². The standard InChI is InChI=1S/C11H23NO3/c1-10(8-13-2)12-5-7-14-9-11-4-3-6-15-11/h10-12H,3-9H2,1-2H3.